The fourth-order valence-corrected chi connectivity index (χ4v) is 2.97. The second-order valence-electron chi connectivity index (χ2n) is 4.42. The maximum Gasteiger partial charge on any atom is 0.316 e. The monoisotopic (exact) mass is 312 g/mol. The first-order chi connectivity index (χ1) is 9.42. The first-order valence-corrected chi connectivity index (χ1v) is 7.15. The first kappa shape index (κ1) is 17.6. The Morgan fingerprint density at radius 1 is 1.30 bits per heavy atom. The van der Waals surface area contributed by atoms with Gasteiger partial charge in [0.25, 0.3) is 0 Å². The minimum absolute atomic E-state index is 0.0711. The number of aliphatic hydroxyl groups excluding tert-OH is 4. The van der Waals surface area contributed by atoms with Crippen molar-refractivity contribution in [3.63, 3.8) is 0 Å². The molecule has 0 saturated carbocycles. The summed E-state index contributed by atoms with van der Waals surface area (Å²) in [6, 6.07) is 0. The van der Waals surface area contributed by atoms with Crippen LogP contribution >= 0.6 is 11.8 Å². The van der Waals surface area contributed by atoms with E-state index in [4.69, 9.17) is 19.7 Å². The van der Waals surface area contributed by atoms with Gasteiger partial charge in [-0.3, -0.25) is 4.79 Å². The van der Waals surface area contributed by atoms with E-state index in [0.29, 0.717) is 0 Å². The fourth-order valence-electron chi connectivity index (χ4n) is 1.86. The second kappa shape index (κ2) is 8.13. The zero-order chi connectivity index (χ0) is 15.3. The summed E-state index contributed by atoms with van der Waals surface area (Å²) in [6.07, 6.45) is -6.03. The van der Waals surface area contributed by atoms with Crippen LogP contribution in [0.3, 0.4) is 0 Å². The Labute approximate surface area is 120 Å². The molecule has 1 saturated heterocycles. The Balaban J connectivity index is 2.59. The van der Waals surface area contributed by atoms with Crippen molar-refractivity contribution in [2.24, 2.45) is 0 Å². The number of aliphatic carboxylic acids is 1. The number of ether oxygens (including phenoxy) is 2. The molecule has 0 amide bonds. The molecule has 1 unspecified atom stereocenters. The average molecular weight is 312 g/mol. The lowest BCUT2D eigenvalue weighted by Crippen LogP contribution is -2.58. The van der Waals surface area contributed by atoms with Gasteiger partial charge < -0.3 is 35.0 Å². The van der Waals surface area contributed by atoms with Gasteiger partial charge in [-0.05, 0) is 6.42 Å². The predicted molar refractivity (Wildman–Crippen MR) is 69.3 cm³/mol. The summed E-state index contributed by atoms with van der Waals surface area (Å²) in [5.74, 6) is -0.986. The highest BCUT2D eigenvalue weighted by molar-refractivity contribution is 8.00. The van der Waals surface area contributed by atoms with Crippen molar-refractivity contribution in [1.82, 2.24) is 0 Å². The molecule has 1 rings (SSSR count). The molecular weight excluding hydrogens is 292 g/mol. The number of thioether (sulfide) groups is 1. The van der Waals surface area contributed by atoms with E-state index in [9.17, 15) is 20.1 Å². The standard InChI is InChI=1S/C11H20O8S/c1-18-11-9(15)8(14)7(13)5(19-11)4-20-6(2-3-12)10(16)17/h5-9,11-15H,2-4H2,1H3,(H,16,17)/t5-,6?,7-,8-,9-,11+/m0/s1. The molecule has 118 valence electrons. The first-order valence-electron chi connectivity index (χ1n) is 6.10. The van der Waals surface area contributed by atoms with Crippen molar-refractivity contribution >= 4 is 17.7 Å². The Morgan fingerprint density at radius 3 is 2.45 bits per heavy atom. The number of carboxylic acids is 1. The highest BCUT2D eigenvalue weighted by Crippen LogP contribution is 2.26. The van der Waals surface area contributed by atoms with Crippen molar-refractivity contribution in [3.8, 4) is 0 Å². The molecule has 1 aliphatic heterocycles. The van der Waals surface area contributed by atoms with E-state index < -0.39 is 41.9 Å². The van der Waals surface area contributed by atoms with Crippen LogP contribution in [0.2, 0.25) is 0 Å². The van der Waals surface area contributed by atoms with E-state index in [1.54, 1.807) is 0 Å². The van der Waals surface area contributed by atoms with Crippen LogP contribution in [0, 0.1) is 0 Å². The fraction of sp³-hybridized carbons (Fsp3) is 0.909. The third-order valence-electron chi connectivity index (χ3n) is 3.03. The Bertz CT molecular complexity index is 313. The van der Waals surface area contributed by atoms with Gasteiger partial charge in [-0.2, -0.15) is 0 Å². The Kier molecular flexibility index (Phi) is 7.17. The van der Waals surface area contributed by atoms with Gasteiger partial charge in [0.05, 0.1) is 6.10 Å². The molecular formula is C11H20O8S. The van der Waals surface area contributed by atoms with Gasteiger partial charge in [0.2, 0.25) is 0 Å². The lowest BCUT2D eigenvalue weighted by atomic mass is 10.00. The Hall–Kier alpha value is -0.420. The molecule has 0 aromatic heterocycles. The average Bonchev–Trinajstić information content (AvgIpc) is 2.42. The zero-order valence-electron chi connectivity index (χ0n) is 11.0. The van der Waals surface area contributed by atoms with Gasteiger partial charge in [-0.25, -0.2) is 0 Å². The summed E-state index contributed by atoms with van der Waals surface area (Å²) in [5.41, 5.74) is 0. The maximum atomic E-state index is 10.9. The summed E-state index contributed by atoms with van der Waals surface area (Å²) in [4.78, 5) is 10.9. The molecule has 8 nitrogen and oxygen atoms in total. The van der Waals surface area contributed by atoms with Crippen LogP contribution in [0.15, 0.2) is 0 Å². The highest BCUT2D eigenvalue weighted by Gasteiger charge is 2.44. The van der Waals surface area contributed by atoms with Crippen LogP contribution in [0.5, 0.6) is 0 Å². The lowest BCUT2D eigenvalue weighted by Gasteiger charge is -2.39. The van der Waals surface area contributed by atoms with Gasteiger partial charge in [0.1, 0.15) is 23.6 Å². The summed E-state index contributed by atoms with van der Waals surface area (Å²) >= 11 is 0.987. The van der Waals surface area contributed by atoms with Gasteiger partial charge in [-0.1, -0.05) is 0 Å². The molecule has 5 N–H and O–H groups in total. The topological polar surface area (TPSA) is 137 Å². The summed E-state index contributed by atoms with van der Waals surface area (Å²) in [5, 5.41) is 45.9. The number of hydrogen-bond donors (Lipinski definition) is 5. The van der Waals surface area contributed by atoms with Crippen LogP contribution in [0.4, 0.5) is 0 Å². The molecule has 0 bridgehead atoms. The van der Waals surface area contributed by atoms with Crippen LogP contribution in [0.25, 0.3) is 0 Å². The number of carboxylic acid groups (broad SMARTS) is 1. The maximum absolute atomic E-state index is 10.9. The number of methoxy groups -OCH3 is 1. The van der Waals surface area contributed by atoms with Crippen LogP contribution in [-0.2, 0) is 14.3 Å². The minimum atomic E-state index is -1.43. The van der Waals surface area contributed by atoms with E-state index in [1.807, 2.05) is 0 Å². The molecule has 1 fully saturated rings. The summed E-state index contributed by atoms with van der Waals surface area (Å²) in [7, 11) is 1.29. The van der Waals surface area contributed by atoms with Gasteiger partial charge in [0.15, 0.2) is 6.29 Å². The molecule has 1 aliphatic rings. The quantitative estimate of drug-likeness (QED) is 0.362. The van der Waals surface area contributed by atoms with E-state index >= 15 is 0 Å². The predicted octanol–water partition coefficient (Wildman–Crippen LogP) is -1.99. The second-order valence-corrected chi connectivity index (χ2v) is 5.66. The minimum Gasteiger partial charge on any atom is -0.480 e. The van der Waals surface area contributed by atoms with E-state index in [0.717, 1.165) is 11.8 Å². The molecule has 0 aromatic carbocycles. The molecule has 6 atom stereocenters. The van der Waals surface area contributed by atoms with Gasteiger partial charge in [0, 0.05) is 19.5 Å². The van der Waals surface area contributed by atoms with Crippen molar-refractivity contribution < 1.29 is 39.8 Å². The largest absolute Gasteiger partial charge is 0.480 e. The third kappa shape index (κ3) is 4.29. The van der Waals surface area contributed by atoms with Crippen molar-refractivity contribution in [2.45, 2.75) is 42.4 Å². The van der Waals surface area contributed by atoms with Gasteiger partial charge in [-0.15, -0.1) is 11.8 Å². The molecule has 1 heterocycles. The van der Waals surface area contributed by atoms with E-state index in [2.05, 4.69) is 0 Å². The zero-order valence-corrected chi connectivity index (χ0v) is 11.8. The SMILES string of the molecule is CO[C@@H]1O[C@@H](CSC(CCO)C(=O)O)[C@H](O)[C@H](O)[C@@H]1O. The number of aliphatic hydroxyl groups is 4. The smallest absolute Gasteiger partial charge is 0.316 e. The third-order valence-corrected chi connectivity index (χ3v) is 4.39. The van der Waals surface area contributed by atoms with Gasteiger partial charge >= 0.3 is 5.97 Å². The van der Waals surface area contributed by atoms with E-state index in [1.165, 1.54) is 7.11 Å². The highest BCUT2D eigenvalue weighted by atomic mass is 32.2. The summed E-state index contributed by atoms with van der Waals surface area (Å²) in [6.45, 7) is -0.264. The molecule has 0 spiro atoms. The number of hydrogen-bond acceptors (Lipinski definition) is 8. The Morgan fingerprint density at radius 2 is 1.95 bits per heavy atom. The molecule has 20 heavy (non-hydrogen) atoms. The normalized spacial score (nSPS) is 35.8. The molecule has 9 heteroatoms. The van der Waals surface area contributed by atoms with Crippen LogP contribution in [-0.4, -0.2) is 86.9 Å². The van der Waals surface area contributed by atoms with Crippen LogP contribution < -0.4 is 0 Å². The van der Waals surface area contributed by atoms with E-state index in [-0.39, 0.29) is 18.8 Å². The molecule has 0 aromatic rings. The lowest BCUT2D eigenvalue weighted by molar-refractivity contribution is -0.284. The number of carbonyl (C=O) groups is 1. The van der Waals surface area contributed by atoms with Crippen molar-refractivity contribution in [3.05, 3.63) is 0 Å². The molecule has 0 radical (unpaired) electrons. The van der Waals surface area contributed by atoms with Crippen molar-refractivity contribution in [1.29, 1.82) is 0 Å². The molecule has 0 aliphatic carbocycles. The van der Waals surface area contributed by atoms with Crippen LogP contribution in [0.1, 0.15) is 6.42 Å². The number of rotatable bonds is 7. The summed E-state index contributed by atoms with van der Waals surface area (Å²) < 4.78 is 10.1. The van der Waals surface area contributed by atoms with Crippen molar-refractivity contribution in [2.75, 3.05) is 19.5 Å².